The van der Waals surface area contributed by atoms with Gasteiger partial charge in [0.2, 0.25) is 0 Å². The summed E-state index contributed by atoms with van der Waals surface area (Å²) in [6, 6.07) is 14.0. The molecule has 0 amide bonds. The van der Waals surface area contributed by atoms with Gasteiger partial charge < -0.3 is 14.6 Å². The molecule has 2 aromatic carbocycles. The number of fused-ring (bicyclic) bond motifs is 2. The minimum absolute atomic E-state index is 0.268. The van der Waals surface area contributed by atoms with Gasteiger partial charge in [0.1, 0.15) is 18.5 Å². The summed E-state index contributed by atoms with van der Waals surface area (Å²) in [4.78, 5) is 2.21. The van der Waals surface area contributed by atoms with E-state index >= 15 is 0 Å². The lowest BCUT2D eigenvalue weighted by Crippen LogP contribution is -2.42. The molecule has 2 N–H and O–H groups in total. The summed E-state index contributed by atoms with van der Waals surface area (Å²) < 4.78 is 11.4. The third-order valence-corrected chi connectivity index (χ3v) is 6.16. The maximum Gasteiger partial charge on any atom is 0.176 e. The summed E-state index contributed by atoms with van der Waals surface area (Å²) in [5.41, 5.74) is 6.34. The van der Waals surface area contributed by atoms with Gasteiger partial charge in [-0.25, -0.2) is 0 Å². The zero-order chi connectivity index (χ0) is 22.5. The molecule has 172 valence electrons. The van der Waals surface area contributed by atoms with Crippen molar-refractivity contribution in [2.75, 3.05) is 44.9 Å². The fourth-order valence-corrected chi connectivity index (χ4v) is 4.46. The first-order chi connectivity index (χ1) is 16.3. The van der Waals surface area contributed by atoms with Crippen LogP contribution in [-0.4, -0.2) is 71.5 Å². The first-order valence-electron chi connectivity index (χ1n) is 11.5. The highest BCUT2D eigenvalue weighted by molar-refractivity contribution is 6.04. The number of rotatable bonds is 7. The van der Waals surface area contributed by atoms with Crippen molar-refractivity contribution in [2.24, 2.45) is 5.10 Å². The number of hydrogen-bond donors (Lipinski definition) is 2. The Hall–Kier alpha value is -3.07. The van der Waals surface area contributed by atoms with Crippen LogP contribution in [0.15, 0.2) is 53.8 Å². The van der Waals surface area contributed by atoms with Crippen LogP contribution in [0.1, 0.15) is 24.0 Å². The zero-order valence-electron chi connectivity index (χ0n) is 18.6. The van der Waals surface area contributed by atoms with Crippen LogP contribution in [-0.2, 0) is 11.2 Å². The van der Waals surface area contributed by atoms with Crippen molar-refractivity contribution >= 4 is 22.3 Å². The lowest BCUT2D eigenvalue weighted by molar-refractivity contribution is 0.00457. The standard InChI is InChI=1S/C25H29N5O3/c31-19(16-30-11-13-32-14-12-30)17-33-24-10-4-7-21-22(24)8-3-9-23(21)27-29-25-20-6-2-1-5-18(20)15-26-28-25/h1-2,4-7,10,15,19,31H,3,8-9,11-14,16-17H2,(H,28,29)/b27-23-/t19-/m1/s1. The maximum absolute atomic E-state index is 10.5. The van der Waals surface area contributed by atoms with E-state index in [1.165, 1.54) is 0 Å². The van der Waals surface area contributed by atoms with Gasteiger partial charge in [-0.3, -0.25) is 10.3 Å². The lowest BCUT2D eigenvalue weighted by Gasteiger charge is -2.28. The largest absolute Gasteiger partial charge is 0.491 e. The van der Waals surface area contributed by atoms with E-state index in [9.17, 15) is 5.11 Å². The number of aromatic nitrogens is 2. The molecule has 1 atom stereocenters. The van der Waals surface area contributed by atoms with Crippen LogP contribution in [0.2, 0.25) is 0 Å². The molecule has 2 heterocycles. The van der Waals surface area contributed by atoms with E-state index in [0.29, 0.717) is 12.4 Å². The van der Waals surface area contributed by atoms with E-state index in [1.807, 2.05) is 36.4 Å². The fourth-order valence-electron chi connectivity index (χ4n) is 4.46. The topological polar surface area (TPSA) is 92.1 Å². The third-order valence-electron chi connectivity index (χ3n) is 6.16. The van der Waals surface area contributed by atoms with Crippen LogP contribution in [0, 0.1) is 0 Å². The summed E-state index contributed by atoms with van der Waals surface area (Å²) in [5, 5.41) is 25.5. The second kappa shape index (κ2) is 10.2. The van der Waals surface area contributed by atoms with Crippen LogP contribution in [0.25, 0.3) is 10.8 Å². The van der Waals surface area contributed by atoms with Crippen molar-refractivity contribution in [1.82, 2.24) is 15.1 Å². The summed E-state index contributed by atoms with van der Waals surface area (Å²) in [6.45, 7) is 4.02. The van der Waals surface area contributed by atoms with Crippen molar-refractivity contribution < 1.29 is 14.6 Å². The first kappa shape index (κ1) is 21.8. The monoisotopic (exact) mass is 447 g/mol. The molecule has 0 bridgehead atoms. The molecular formula is C25H29N5O3. The van der Waals surface area contributed by atoms with Gasteiger partial charge in [0.15, 0.2) is 5.82 Å². The average Bonchev–Trinajstić information content (AvgIpc) is 2.86. The SMILES string of the molecule is O[C@@H](COc1cccc2c1CCC/C2=N/Nc1nncc2ccccc12)CN1CCOCC1. The van der Waals surface area contributed by atoms with Gasteiger partial charge in [-0.2, -0.15) is 10.2 Å². The molecule has 0 saturated carbocycles. The van der Waals surface area contributed by atoms with Crippen molar-refractivity contribution in [3.63, 3.8) is 0 Å². The summed E-state index contributed by atoms with van der Waals surface area (Å²) in [5.74, 6) is 1.47. The van der Waals surface area contributed by atoms with E-state index in [0.717, 1.165) is 78.9 Å². The molecule has 8 nitrogen and oxygen atoms in total. The molecule has 2 aliphatic rings. The number of aliphatic hydroxyl groups excluding tert-OH is 1. The van der Waals surface area contributed by atoms with Crippen LogP contribution < -0.4 is 10.2 Å². The Bertz CT molecular complexity index is 1120. The van der Waals surface area contributed by atoms with Crippen LogP contribution >= 0.6 is 0 Å². The smallest absolute Gasteiger partial charge is 0.176 e. The number of morpholine rings is 1. The number of hydrogen-bond acceptors (Lipinski definition) is 8. The molecule has 3 aromatic rings. The number of β-amino-alcohol motifs (C(OH)–C–C–N with tert-alkyl or cyclic N) is 1. The molecule has 1 aliphatic carbocycles. The molecule has 0 radical (unpaired) electrons. The Labute approximate surface area is 193 Å². The molecule has 1 fully saturated rings. The highest BCUT2D eigenvalue weighted by atomic mass is 16.5. The van der Waals surface area contributed by atoms with Crippen molar-refractivity contribution in [1.29, 1.82) is 0 Å². The molecular weight excluding hydrogens is 418 g/mol. The van der Waals surface area contributed by atoms with Crippen molar-refractivity contribution in [2.45, 2.75) is 25.4 Å². The number of benzene rings is 2. The number of anilines is 1. The highest BCUT2D eigenvalue weighted by Crippen LogP contribution is 2.30. The lowest BCUT2D eigenvalue weighted by atomic mass is 9.89. The predicted molar refractivity (Wildman–Crippen MR) is 128 cm³/mol. The Morgan fingerprint density at radius 2 is 2.00 bits per heavy atom. The second-order valence-electron chi connectivity index (χ2n) is 8.46. The van der Waals surface area contributed by atoms with E-state index in [-0.39, 0.29) is 6.61 Å². The second-order valence-corrected chi connectivity index (χ2v) is 8.46. The first-order valence-corrected chi connectivity index (χ1v) is 11.5. The van der Waals surface area contributed by atoms with Crippen LogP contribution in [0.5, 0.6) is 5.75 Å². The molecule has 1 aromatic heterocycles. The number of ether oxygens (including phenoxy) is 2. The molecule has 33 heavy (non-hydrogen) atoms. The van der Waals surface area contributed by atoms with Gasteiger partial charge in [0.05, 0.1) is 25.1 Å². The number of hydrazone groups is 1. The molecule has 1 aliphatic heterocycles. The van der Waals surface area contributed by atoms with Gasteiger partial charge in [0, 0.05) is 41.5 Å². The maximum atomic E-state index is 10.5. The summed E-state index contributed by atoms with van der Waals surface area (Å²) >= 11 is 0. The molecule has 1 saturated heterocycles. The average molecular weight is 448 g/mol. The molecule has 5 rings (SSSR count). The van der Waals surface area contributed by atoms with E-state index < -0.39 is 6.10 Å². The van der Waals surface area contributed by atoms with Crippen molar-refractivity contribution in [3.05, 3.63) is 59.8 Å². The zero-order valence-corrected chi connectivity index (χ0v) is 18.6. The third kappa shape index (κ3) is 5.13. The number of aliphatic hydroxyl groups is 1. The quantitative estimate of drug-likeness (QED) is 0.538. The molecule has 8 heteroatoms. The Balaban J connectivity index is 1.29. The number of nitrogens with one attached hydrogen (secondary N) is 1. The van der Waals surface area contributed by atoms with Gasteiger partial charge in [-0.05, 0) is 25.3 Å². The molecule has 0 spiro atoms. The summed E-state index contributed by atoms with van der Waals surface area (Å²) in [6.07, 6.45) is 4.01. The van der Waals surface area contributed by atoms with Gasteiger partial charge in [-0.15, -0.1) is 5.10 Å². The normalized spacial score (nSPS) is 18.8. The Morgan fingerprint density at radius 1 is 1.12 bits per heavy atom. The van der Waals surface area contributed by atoms with Crippen LogP contribution in [0.4, 0.5) is 5.82 Å². The van der Waals surface area contributed by atoms with E-state index in [1.54, 1.807) is 6.20 Å². The van der Waals surface area contributed by atoms with Gasteiger partial charge in [0.25, 0.3) is 0 Å². The minimum Gasteiger partial charge on any atom is -0.491 e. The number of nitrogens with zero attached hydrogens (tertiary/aromatic N) is 4. The van der Waals surface area contributed by atoms with Crippen LogP contribution in [0.3, 0.4) is 0 Å². The molecule has 0 unspecified atom stereocenters. The van der Waals surface area contributed by atoms with Gasteiger partial charge in [-0.1, -0.05) is 36.4 Å². The van der Waals surface area contributed by atoms with Crippen molar-refractivity contribution in [3.8, 4) is 5.75 Å². The van der Waals surface area contributed by atoms with E-state index in [2.05, 4.69) is 26.6 Å². The minimum atomic E-state index is -0.540. The Kier molecular flexibility index (Phi) is 6.76. The predicted octanol–water partition coefficient (Wildman–Crippen LogP) is 2.85. The Morgan fingerprint density at radius 3 is 2.91 bits per heavy atom. The van der Waals surface area contributed by atoms with Gasteiger partial charge >= 0.3 is 0 Å². The summed E-state index contributed by atoms with van der Waals surface area (Å²) in [7, 11) is 0. The van der Waals surface area contributed by atoms with E-state index in [4.69, 9.17) is 14.6 Å². The fraction of sp³-hybridized carbons (Fsp3) is 0.400. The highest BCUT2D eigenvalue weighted by Gasteiger charge is 2.21.